The minimum absolute atomic E-state index is 0.108. The maximum absolute atomic E-state index is 11.2. The molecule has 2 saturated heterocycles. The maximum Gasteiger partial charge on any atom is 0.303 e. The molecule has 0 aromatic heterocycles. The summed E-state index contributed by atoms with van der Waals surface area (Å²) in [5, 5.41) is 8.57. The van der Waals surface area contributed by atoms with E-state index in [2.05, 4.69) is 6.08 Å². The third kappa shape index (κ3) is 5.07. The van der Waals surface area contributed by atoms with Crippen LogP contribution in [0.3, 0.4) is 0 Å². The fraction of sp³-hybridized carbons (Fsp3) is 0.800. The second-order valence-corrected chi connectivity index (χ2v) is 7.74. The van der Waals surface area contributed by atoms with Crippen LogP contribution < -0.4 is 0 Å². The molecule has 0 saturated carbocycles. The molecule has 0 amide bonds. The molecule has 22 heavy (non-hydrogen) atoms. The van der Waals surface area contributed by atoms with Crippen LogP contribution in [0.25, 0.3) is 0 Å². The molecular weight excluding hydrogens is 308 g/mol. The quantitative estimate of drug-likeness (QED) is 0.394. The van der Waals surface area contributed by atoms with Gasteiger partial charge in [-0.05, 0) is 38.0 Å². The Morgan fingerprint density at radius 1 is 1.27 bits per heavy atom. The van der Waals surface area contributed by atoms with E-state index in [4.69, 9.17) is 14.0 Å². The predicted molar refractivity (Wildman–Crippen MR) is 80.9 cm³/mol. The Kier molecular flexibility index (Phi) is 6.00. The van der Waals surface area contributed by atoms with Crippen LogP contribution in [-0.4, -0.2) is 44.6 Å². The average molecular weight is 332 g/mol. The molecule has 2 heterocycles. The number of carbonyl (C=O) groups is 1. The summed E-state index contributed by atoms with van der Waals surface area (Å²) in [7, 11) is -3.42. The zero-order valence-electron chi connectivity index (χ0n) is 12.8. The molecule has 2 fully saturated rings. The number of ether oxygens (including phenoxy) is 1. The lowest BCUT2D eigenvalue weighted by Gasteiger charge is -2.26. The molecule has 0 radical (unpaired) electrons. The monoisotopic (exact) mass is 332 g/mol. The number of rotatable bonds is 9. The van der Waals surface area contributed by atoms with Gasteiger partial charge >= 0.3 is 5.97 Å². The van der Waals surface area contributed by atoms with E-state index < -0.39 is 16.1 Å². The van der Waals surface area contributed by atoms with Crippen molar-refractivity contribution in [1.82, 2.24) is 0 Å². The summed E-state index contributed by atoms with van der Waals surface area (Å²) in [4.78, 5) is 10.4. The number of fused-ring (bicyclic) bond motifs is 2. The van der Waals surface area contributed by atoms with Gasteiger partial charge in [0.05, 0.1) is 25.1 Å². The summed E-state index contributed by atoms with van der Waals surface area (Å²) in [5.74, 6) is -0.360. The number of hydrogen-bond donors (Lipinski definition) is 1. The van der Waals surface area contributed by atoms with Gasteiger partial charge in [0, 0.05) is 12.3 Å². The zero-order valence-corrected chi connectivity index (χ0v) is 13.6. The number of unbranched alkanes of at least 4 members (excludes halogenated alkanes) is 1. The molecule has 2 bridgehead atoms. The average Bonchev–Trinajstić information content (AvgIpc) is 3.00. The highest BCUT2D eigenvalue weighted by Crippen LogP contribution is 2.45. The Morgan fingerprint density at radius 3 is 2.59 bits per heavy atom. The first-order chi connectivity index (χ1) is 10.4. The maximum atomic E-state index is 11.2. The molecule has 2 aliphatic rings. The number of hydrogen-bond acceptors (Lipinski definition) is 5. The zero-order chi connectivity index (χ0) is 16.2. The van der Waals surface area contributed by atoms with E-state index in [0.29, 0.717) is 6.42 Å². The number of carboxylic acid groups (broad SMARTS) is 1. The normalized spacial score (nSPS) is 31.1. The Morgan fingerprint density at radius 2 is 1.95 bits per heavy atom. The van der Waals surface area contributed by atoms with Gasteiger partial charge in [-0.25, -0.2) is 0 Å². The van der Waals surface area contributed by atoms with Crippen molar-refractivity contribution in [2.24, 2.45) is 11.8 Å². The third-order valence-corrected chi connectivity index (χ3v) is 4.97. The molecular formula is C15H24O6S. The van der Waals surface area contributed by atoms with Gasteiger partial charge in [0.2, 0.25) is 0 Å². The number of aliphatic carboxylic acids is 1. The van der Waals surface area contributed by atoms with Crippen LogP contribution in [0.15, 0.2) is 12.2 Å². The molecule has 2 aliphatic heterocycles. The smallest absolute Gasteiger partial charge is 0.303 e. The second kappa shape index (κ2) is 7.57. The van der Waals surface area contributed by atoms with Gasteiger partial charge in [0.15, 0.2) is 0 Å². The standard InChI is InChI=1S/C15H24O6S/c1-22(18,19)20-10-12-11(13-8-9-14(12)21-13)6-4-2-3-5-7-15(16)17/h2,4,11-14H,3,5-10H2,1H3,(H,16,17)/t11-,12+,13-,14+/m1/s1. The summed E-state index contributed by atoms with van der Waals surface area (Å²) in [5.41, 5.74) is 0. The van der Waals surface area contributed by atoms with E-state index >= 15 is 0 Å². The molecule has 0 spiro atoms. The molecule has 0 unspecified atom stereocenters. The minimum atomic E-state index is -3.42. The first kappa shape index (κ1) is 17.4. The molecule has 0 aromatic carbocycles. The predicted octanol–water partition coefficient (Wildman–Crippen LogP) is 1.96. The van der Waals surface area contributed by atoms with Crippen molar-refractivity contribution in [2.45, 2.75) is 50.7 Å². The SMILES string of the molecule is CS(=O)(=O)OC[C@H]1[C@@H](CC=CCCCC(=O)O)[C@H]2CC[C@@H]1O2. The Bertz CT molecular complexity index is 512. The van der Waals surface area contributed by atoms with Crippen LogP contribution in [-0.2, 0) is 23.8 Å². The highest BCUT2D eigenvalue weighted by molar-refractivity contribution is 7.85. The molecule has 4 atom stereocenters. The lowest BCUT2D eigenvalue weighted by molar-refractivity contribution is -0.137. The molecule has 126 valence electrons. The van der Waals surface area contributed by atoms with E-state index in [1.54, 1.807) is 0 Å². The summed E-state index contributed by atoms with van der Waals surface area (Å²) in [6.07, 6.45) is 9.83. The number of carboxylic acids is 1. The highest BCUT2D eigenvalue weighted by Gasteiger charge is 2.48. The van der Waals surface area contributed by atoms with Crippen LogP contribution >= 0.6 is 0 Å². The van der Waals surface area contributed by atoms with Crippen LogP contribution in [0.4, 0.5) is 0 Å². The third-order valence-electron chi connectivity index (χ3n) is 4.40. The van der Waals surface area contributed by atoms with Gasteiger partial charge in [-0.15, -0.1) is 0 Å². The lowest BCUT2D eigenvalue weighted by Crippen LogP contribution is -2.31. The van der Waals surface area contributed by atoms with Crippen molar-refractivity contribution >= 4 is 16.1 Å². The fourth-order valence-corrected chi connectivity index (χ4v) is 3.78. The fourth-order valence-electron chi connectivity index (χ4n) is 3.37. The van der Waals surface area contributed by atoms with Gasteiger partial charge in [0.25, 0.3) is 10.1 Å². The second-order valence-electron chi connectivity index (χ2n) is 6.10. The lowest BCUT2D eigenvalue weighted by atomic mass is 9.78. The van der Waals surface area contributed by atoms with Gasteiger partial charge in [-0.1, -0.05) is 12.2 Å². The van der Waals surface area contributed by atoms with Crippen LogP contribution in [0.5, 0.6) is 0 Å². The van der Waals surface area contributed by atoms with Gasteiger partial charge < -0.3 is 9.84 Å². The van der Waals surface area contributed by atoms with E-state index in [-0.39, 0.29) is 37.1 Å². The van der Waals surface area contributed by atoms with Gasteiger partial charge in [0.1, 0.15) is 0 Å². The van der Waals surface area contributed by atoms with E-state index in [0.717, 1.165) is 31.9 Å². The van der Waals surface area contributed by atoms with Gasteiger partial charge in [-0.2, -0.15) is 8.42 Å². The topological polar surface area (TPSA) is 89.9 Å². The van der Waals surface area contributed by atoms with Crippen molar-refractivity contribution in [1.29, 1.82) is 0 Å². The highest BCUT2D eigenvalue weighted by atomic mass is 32.2. The van der Waals surface area contributed by atoms with Crippen LogP contribution in [0.2, 0.25) is 0 Å². The molecule has 7 heteroatoms. The summed E-state index contributed by atoms with van der Waals surface area (Å²) in [6, 6.07) is 0. The van der Waals surface area contributed by atoms with E-state index in [9.17, 15) is 13.2 Å². The van der Waals surface area contributed by atoms with Crippen molar-refractivity contribution in [3.63, 3.8) is 0 Å². The van der Waals surface area contributed by atoms with Crippen molar-refractivity contribution in [3.8, 4) is 0 Å². The summed E-state index contributed by atoms with van der Waals surface area (Å²) >= 11 is 0. The summed E-state index contributed by atoms with van der Waals surface area (Å²) < 4.78 is 33.2. The minimum Gasteiger partial charge on any atom is -0.481 e. The van der Waals surface area contributed by atoms with Gasteiger partial charge in [-0.3, -0.25) is 8.98 Å². The summed E-state index contributed by atoms with van der Waals surface area (Å²) in [6.45, 7) is 0.192. The number of allylic oxidation sites excluding steroid dienone is 2. The Hall–Kier alpha value is -0.920. The van der Waals surface area contributed by atoms with E-state index in [1.807, 2.05) is 6.08 Å². The largest absolute Gasteiger partial charge is 0.481 e. The van der Waals surface area contributed by atoms with Crippen molar-refractivity contribution in [2.75, 3.05) is 12.9 Å². The molecule has 0 aromatic rings. The Labute approximate surface area is 131 Å². The molecule has 6 nitrogen and oxygen atoms in total. The van der Waals surface area contributed by atoms with Crippen molar-refractivity contribution in [3.05, 3.63) is 12.2 Å². The van der Waals surface area contributed by atoms with Crippen LogP contribution in [0, 0.1) is 11.8 Å². The molecule has 1 N–H and O–H groups in total. The first-order valence-electron chi connectivity index (χ1n) is 7.73. The van der Waals surface area contributed by atoms with E-state index in [1.165, 1.54) is 0 Å². The van der Waals surface area contributed by atoms with Crippen LogP contribution in [0.1, 0.15) is 38.5 Å². The molecule has 0 aliphatic carbocycles. The van der Waals surface area contributed by atoms with Crippen molar-refractivity contribution < 1.29 is 27.2 Å². The first-order valence-corrected chi connectivity index (χ1v) is 9.55. The Balaban J connectivity index is 1.80. The molecule has 2 rings (SSSR count).